The van der Waals surface area contributed by atoms with Gasteiger partial charge >= 0.3 is 0 Å². The van der Waals surface area contributed by atoms with E-state index in [4.69, 9.17) is 11.6 Å². The maximum Gasteiger partial charge on any atom is 0.246 e. The third-order valence-electron chi connectivity index (χ3n) is 4.62. The third kappa shape index (κ3) is 4.42. The number of amides is 1. The van der Waals surface area contributed by atoms with Gasteiger partial charge < -0.3 is 4.90 Å². The van der Waals surface area contributed by atoms with Crippen LogP contribution >= 0.6 is 11.6 Å². The van der Waals surface area contributed by atoms with Gasteiger partial charge in [-0.3, -0.25) is 9.10 Å². The van der Waals surface area contributed by atoms with Crippen LogP contribution in [0.5, 0.6) is 0 Å². The molecule has 1 atom stereocenters. The number of likely N-dealkylation sites (N-methyl/N-ethyl adjacent to an activating group) is 1. The van der Waals surface area contributed by atoms with Crippen LogP contribution in [0.2, 0.25) is 5.02 Å². The van der Waals surface area contributed by atoms with Gasteiger partial charge in [0.25, 0.3) is 0 Å². The summed E-state index contributed by atoms with van der Waals surface area (Å²) in [6.07, 6.45) is 6.51. The molecule has 1 aliphatic rings. The lowest BCUT2D eigenvalue weighted by atomic mass is 9.94. The van der Waals surface area contributed by atoms with Crippen LogP contribution in [0.1, 0.15) is 39.0 Å². The lowest BCUT2D eigenvalue weighted by Gasteiger charge is -2.36. The number of halogens is 1. The minimum absolute atomic E-state index is 0.178. The first-order valence-electron chi connectivity index (χ1n) is 8.23. The fourth-order valence-corrected chi connectivity index (χ4v) is 4.63. The average Bonchev–Trinajstić information content (AvgIpc) is 2.55. The second kappa shape index (κ2) is 7.74. The van der Waals surface area contributed by atoms with E-state index < -0.39 is 16.1 Å². The van der Waals surface area contributed by atoms with Crippen LogP contribution < -0.4 is 4.31 Å². The number of carbonyl (C=O) groups is 1. The van der Waals surface area contributed by atoms with Crippen molar-refractivity contribution in [2.45, 2.75) is 51.1 Å². The molecule has 5 nitrogen and oxygen atoms in total. The molecular weight excluding hydrogens is 348 g/mol. The zero-order valence-corrected chi connectivity index (χ0v) is 16.0. The number of hydrogen-bond acceptors (Lipinski definition) is 3. The summed E-state index contributed by atoms with van der Waals surface area (Å²) in [5.74, 6) is -0.178. The molecule has 7 heteroatoms. The molecule has 1 saturated carbocycles. The fourth-order valence-electron chi connectivity index (χ4n) is 3.33. The van der Waals surface area contributed by atoms with E-state index in [9.17, 15) is 13.2 Å². The van der Waals surface area contributed by atoms with Crippen LogP contribution in [0.15, 0.2) is 24.3 Å². The van der Waals surface area contributed by atoms with E-state index in [1.165, 1.54) is 10.7 Å². The van der Waals surface area contributed by atoms with Crippen molar-refractivity contribution in [2.24, 2.45) is 0 Å². The van der Waals surface area contributed by atoms with Gasteiger partial charge in [-0.25, -0.2) is 8.42 Å². The highest BCUT2D eigenvalue weighted by Gasteiger charge is 2.33. The SMILES string of the molecule is CC(C(=O)N(C)C1CCCCC1)N(c1ccc(Cl)cc1)S(C)(=O)=O. The first-order chi connectivity index (χ1) is 11.2. The monoisotopic (exact) mass is 372 g/mol. The molecule has 0 N–H and O–H groups in total. The minimum atomic E-state index is -3.60. The van der Waals surface area contributed by atoms with Crippen LogP contribution in [-0.4, -0.2) is 44.6 Å². The fraction of sp³-hybridized carbons (Fsp3) is 0.588. The highest BCUT2D eigenvalue weighted by molar-refractivity contribution is 7.92. The zero-order valence-electron chi connectivity index (χ0n) is 14.4. The largest absolute Gasteiger partial charge is 0.341 e. The Bertz CT molecular complexity index is 670. The first kappa shape index (κ1) is 19.1. The van der Waals surface area contributed by atoms with Crippen molar-refractivity contribution in [1.82, 2.24) is 4.90 Å². The highest BCUT2D eigenvalue weighted by Crippen LogP contribution is 2.26. The number of nitrogens with zero attached hydrogens (tertiary/aromatic N) is 2. The first-order valence-corrected chi connectivity index (χ1v) is 10.5. The summed E-state index contributed by atoms with van der Waals surface area (Å²) in [7, 11) is -1.82. The lowest BCUT2D eigenvalue weighted by Crippen LogP contribution is -2.51. The van der Waals surface area contributed by atoms with Crippen LogP contribution in [0.4, 0.5) is 5.69 Å². The molecule has 134 valence electrons. The smallest absolute Gasteiger partial charge is 0.246 e. The Morgan fingerprint density at radius 2 is 1.71 bits per heavy atom. The van der Waals surface area contributed by atoms with Crippen LogP contribution in [0, 0.1) is 0 Å². The van der Waals surface area contributed by atoms with Crippen molar-refractivity contribution >= 4 is 33.2 Å². The van der Waals surface area contributed by atoms with Gasteiger partial charge in [0.05, 0.1) is 11.9 Å². The normalized spacial score (nSPS) is 17.3. The van der Waals surface area contributed by atoms with Crippen molar-refractivity contribution in [3.8, 4) is 0 Å². The summed E-state index contributed by atoms with van der Waals surface area (Å²) >= 11 is 5.88. The maximum absolute atomic E-state index is 12.9. The van der Waals surface area contributed by atoms with E-state index in [-0.39, 0.29) is 11.9 Å². The van der Waals surface area contributed by atoms with Gasteiger partial charge in [0.2, 0.25) is 15.9 Å². The standard InChI is InChI=1S/C17H25ClN2O3S/c1-13(17(21)19(2)15-7-5-4-6-8-15)20(24(3,22)23)16-11-9-14(18)10-12-16/h9-13,15H,4-8H2,1-3H3. The van der Waals surface area contributed by atoms with Crippen LogP contribution in [0.3, 0.4) is 0 Å². The van der Waals surface area contributed by atoms with E-state index >= 15 is 0 Å². The summed E-state index contributed by atoms with van der Waals surface area (Å²) in [6.45, 7) is 1.64. The summed E-state index contributed by atoms with van der Waals surface area (Å²) in [5, 5.41) is 0.519. The van der Waals surface area contributed by atoms with Gasteiger partial charge in [0, 0.05) is 18.1 Å². The highest BCUT2D eigenvalue weighted by atomic mass is 35.5. The van der Waals surface area contributed by atoms with Crippen molar-refractivity contribution in [2.75, 3.05) is 17.6 Å². The number of benzene rings is 1. The average molecular weight is 373 g/mol. The minimum Gasteiger partial charge on any atom is -0.341 e. The number of hydrogen-bond donors (Lipinski definition) is 0. The molecule has 0 bridgehead atoms. The van der Waals surface area contributed by atoms with Crippen molar-refractivity contribution in [3.63, 3.8) is 0 Å². The molecule has 0 radical (unpaired) electrons. The number of sulfonamides is 1. The summed E-state index contributed by atoms with van der Waals surface area (Å²) in [4.78, 5) is 14.6. The molecule has 0 aliphatic heterocycles. The van der Waals surface area contributed by atoms with Crippen LogP contribution in [0.25, 0.3) is 0 Å². The summed E-state index contributed by atoms with van der Waals surface area (Å²) < 4.78 is 25.7. The molecule has 0 aromatic heterocycles. The Kier molecular flexibility index (Phi) is 6.15. The zero-order chi connectivity index (χ0) is 17.9. The van der Waals surface area contributed by atoms with E-state index in [0.717, 1.165) is 31.9 Å². The lowest BCUT2D eigenvalue weighted by molar-refractivity contribution is -0.133. The van der Waals surface area contributed by atoms with Gasteiger partial charge in [-0.05, 0) is 44.0 Å². The molecule has 1 aromatic rings. The van der Waals surface area contributed by atoms with E-state index in [2.05, 4.69) is 0 Å². The molecule has 0 spiro atoms. The molecular formula is C17H25ClN2O3S. The second-order valence-electron chi connectivity index (χ2n) is 6.45. The maximum atomic E-state index is 12.9. The van der Waals surface area contributed by atoms with E-state index in [1.807, 2.05) is 0 Å². The molecule has 0 saturated heterocycles. The van der Waals surface area contributed by atoms with Crippen LogP contribution in [-0.2, 0) is 14.8 Å². The number of anilines is 1. The van der Waals surface area contributed by atoms with E-state index in [0.29, 0.717) is 10.7 Å². The molecule has 0 heterocycles. The molecule has 1 fully saturated rings. The van der Waals surface area contributed by atoms with Crippen molar-refractivity contribution in [1.29, 1.82) is 0 Å². The molecule has 2 rings (SSSR count). The second-order valence-corrected chi connectivity index (χ2v) is 8.75. The Balaban J connectivity index is 2.25. The Morgan fingerprint density at radius 3 is 2.21 bits per heavy atom. The topological polar surface area (TPSA) is 57.7 Å². The third-order valence-corrected chi connectivity index (χ3v) is 6.11. The molecule has 1 amide bonds. The van der Waals surface area contributed by atoms with Crippen molar-refractivity contribution in [3.05, 3.63) is 29.3 Å². The molecule has 1 unspecified atom stereocenters. The van der Waals surface area contributed by atoms with Crippen molar-refractivity contribution < 1.29 is 13.2 Å². The van der Waals surface area contributed by atoms with Gasteiger partial charge in [0.15, 0.2) is 0 Å². The number of rotatable bonds is 5. The Labute approximate surface area is 149 Å². The van der Waals surface area contributed by atoms with Gasteiger partial charge in [-0.15, -0.1) is 0 Å². The predicted molar refractivity (Wildman–Crippen MR) is 97.9 cm³/mol. The van der Waals surface area contributed by atoms with E-state index in [1.54, 1.807) is 43.1 Å². The van der Waals surface area contributed by atoms with Gasteiger partial charge in [0.1, 0.15) is 6.04 Å². The molecule has 1 aliphatic carbocycles. The predicted octanol–water partition coefficient (Wildman–Crippen LogP) is 3.29. The number of carbonyl (C=O) groups excluding carboxylic acids is 1. The molecule has 24 heavy (non-hydrogen) atoms. The van der Waals surface area contributed by atoms with Gasteiger partial charge in [-0.1, -0.05) is 30.9 Å². The quantitative estimate of drug-likeness (QED) is 0.796. The molecule has 1 aromatic carbocycles. The summed E-state index contributed by atoms with van der Waals surface area (Å²) in [6, 6.07) is 5.88. The summed E-state index contributed by atoms with van der Waals surface area (Å²) in [5.41, 5.74) is 0.444. The Morgan fingerprint density at radius 1 is 1.17 bits per heavy atom. The Hall–Kier alpha value is -1.27. The van der Waals surface area contributed by atoms with Gasteiger partial charge in [-0.2, -0.15) is 0 Å².